The first kappa shape index (κ1) is 21.5. The Morgan fingerprint density at radius 2 is 1.83 bits per heavy atom. The number of anilines is 1. The number of benzene rings is 2. The predicted octanol–water partition coefficient (Wildman–Crippen LogP) is 3.88. The maximum absolute atomic E-state index is 12.6. The first-order valence-electron chi connectivity index (χ1n) is 10.2. The summed E-state index contributed by atoms with van der Waals surface area (Å²) in [5, 5.41) is 19.1. The van der Waals surface area contributed by atoms with Gasteiger partial charge in [0.05, 0.1) is 6.10 Å². The van der Waals surface area contributed by atoms with Gasteiger partial charge in [-0.3, -0.25) is 4.79 Å². The lowest BCUT2D eigenvalue weighted by Crippen LogP contribution is -2.37. The molecule has 5 nitrogen and oxygen atoms in total. The van der Waals surface area contributed by atoms with Crippen molar-refractivity contribution >= 4 is 23.4 Å². The molecule has 29 heavy (non-hydrogen) atoms. The molecule has 6 heteroatoms. The van der Waals surface area contributed by atoms with Gasteiger partial charge in [-0.1, -0.05) is 18.2 Å². The van der Waals surface area contributed by atoms with Gasteiger partial charge in [-0.15, -0.1) is 11.8 Å². The van der Waals surface area contributed by atoms with Crippen molar-refractivity contribution in [2.24, 2.45) is 0 Å². The van der Waals surface area contributed by atoms with E-state index in [1.54, 1.807) is 23.9 Å². The van der Waals surface area contributed by atoms with Gasteiger partial charge in [-0.25, -0.2) is 0 Å². The molecule has 2 N–H and O–H groups in total. The van der Waals surface area contributed by atoms with E-state index in [0.717, 1.165) is 48.6 Å². The molecule has 1 fully saturated rings. The summed E-state index contributed by atoms with van der Waals surface area (Å²) >= 11 is 1.70. The molecule has 0 aliphatic carbocycles. The van der Waals surface area contributed by atoms with E-state index in [1.165, 1.54) is 5.69 Å². The number of para-hydroxylation sites is 1. The zero-order chi connectivity index (χ0) is 20.6. The first-order chi connectivity index (χ1) is 14.0. The van der Waals surface area contributed by atoms with Crippen molar-refractivity contribution in [3.8, 4) is 5.75 Å². The molecule has 2 aromatic carbocycles. The lowest BCUT2D eigenvalue weighted by atomic mass is 10.0. The first-order valence-corrected chi connectivity index (χ1v) is 11.2. The number of phenolic OH excluding ortho intramolecular Hbond substituents is 1. The fourth-order valence-corrected chi connectivity index (χ4v) is 4.40. The summed E-state index contributed by atoms with van der Waals surface area (Å²) in [6, 6.07) is 15.4. The summed E-state index contributed by atoms with van der Waals surface area (Å²) in [7, 11) is 1.87. The van der Waals surface area contributed by atoms with Crippen molar-refractivity contribution in [3.05, 3.63) is 54.1 Å². The maximum atomic E-state index is 12.6. The second kappa shape index (κ2) is 10.6. The number of hydrogen-bond donors (Lipinski definition) is 2. The Hall–Kier alpha value is -2.18. The quantitative estimate of drug-likeness (QED) is 0.507. The number of nitrogens with zero attached hydrogens (tertiary/aromatic N) is 2. The van der Waals surface area contributed by atoms with Crippen LogP contribution in [0.25, 0.3) is 0 Å². The van der Waals surface area contributed by atoms with E-state index >= 15 is 0 Å². The molecule has 0 aromatic heterocycles. The average Bonchev–Trinajstić information content (AvgIpc) is 2.73. The summed E-state index contributed by atoms with van der Waals surface area (Å²) in [5.74, 6) is 1.30. The van der Waals surface area contributed by atoms with Gasteiger partial charge >= 0.3 is 0 Å². The van der Waals surface area contributed by atoms with Gasteiger partial charge in [0.25, 0.3) is 0 Å². The van der Waals surface area contributed by atoms with E-state index < -0.39 is 0 Å². The molecule has 1 aliphatic heterocycles. The van der Waals surface area contributed by atoms with Crippen LogP contribution in [0.1, 0.15) is 31.2 Å². The normalized spacial score (nSPS) is 14.8. The number of aliphatic hydroxyl groups excluding tert-OH is 1. The topological polar surface area (TPSA) is 64.0 Å². The highest BCUT2D eigenvalue weighted by Gasteiger charge is 2.20. The second-order valence-corrected chi connectivity index (χ2v) is 8.71. The van der Waals surface area contributed by atoms with E-state index in [1.807, 2.05) is 36.2 Å². The number of carbonyl (C=O) groups excluding carboxylic acids is 1. The van der Waals surface area contributed by atoms with Gasteiger partial charge in [0.2, 0.25) is 5.91 Å². The van der Waals surface area contributed by atoms with Gasteiger partial charge < -0.3 is 20.0 Å². The number of rotatable bonds is 8. The molecule has 1 heterocycles. The molecule has 156 valence electrons. The Balaban J connectivity index is 1.47. The second-order valence-electron chi connectivity index (χ2n) is 7.54. The van der Waals surface area contributed by atoms with Gasteiger partial charge in [0, 0.05) is 43.7 Å². The van der Waals surface area contributed by atoms with E-state index in [9.17, 15) is 15.0 Å². The minimum Gasteiger partial charge on any atom is -0.508 e. The number of piperidine rings is 1. The Labute approximate surface area is 177 Å². The van der Waals surface area contributed by atoms with E-state index in [2.05, 4.69) is 17.0 Å². The van der Waals surface area contributed by atoms with Crippen LogP contribution in [0.2, 0.25) is 0 Å². The number of carbonyl (C=O) groups is 1. The Morgan fingerprint density at radius 3 is 2.55 bits per heavy atom. The van der Waals surface area contributed by atoms with E-state index in [0.29, 0.717) is 13.0 Å². The largest absolute Gasteiger partial charge is 0.508 e. The van der Waals surface area contributed by atoms with Gasteiger partial charge in [-0.05, 0) is 60.9 Å². The molecule has 3 rings (SSSR count). The molecule has 1 aliphatic rings. The third kappa shape index (κ3) is 6.41. The molecular weight excluding hydrogens is 384 g/mol. The van der Waals surface area contributed by atoms with Crippen LogP contribution in [0.15, 0.2) is 53.4 Å². The van der Waals surface area contributed by atoms with Gasteiger partial charge in [-0.2, -0.15) is 0 Å². The Morgan fingerprint density at radius 1 is 1.14 bits per heavy atom. The zero-order valence-electron chi connectivity index (χ0n) is 17.0. The third-order valence-electron chi connectivity index (χ3n) is 5.27. The Kier molecular flexibility index (Phi) is 7.83. The number of amides is 1. The van der Waals surface area contributed by atoms with Crippen molar-refractivity contribution in [3.63, 3.8) is 0 Å². The number of phenols is 1. The van der Waals surface area contributed by atoms with Crippen molar-refractivity contribution in [1.29, 1.82) is 0 Å². The highest BCUT2D eigenvalue weighted by atomic mass is 32.2. The molecule has 0 bridgehead atoms. The molecule has 2 aromatic rings. The number of aliphatic hydroxyl groups is 1. The molecule has 0 atom stereocenters. The SMILES string of the molecule is CN(Cc1ccccc1N1CCC(O)CC1)C(=O)CCCSc1ccc(O)cc1. The minimum absolute atomic E-state index is 0.153. The van der Waals surface area contributed by atoms with Crippen molar-refractivity contribution in [1.82, 2.24) is 4.90 Å². The highest BCUT2D eigenvalue weighted by Crippen LogP contribution is 2.26. The standard InChI is InChI=1S/C23H30N2O3S/c1-24(23(28)7-4-16-29-21-10-8-19(26)9-11-21)17-18-5-2-3-6-22(18)25-14-12-20(27)13-15-25/h2-3,5-6,8-11,20,26-27H,4,7,12-17H2,1H3. The van der Waals surface area contributed by atoms with Crippen LogP contribution in [0, 0.1) is 0 Å². The molecule has 1 saturated heterocycles. The van der Waals surface area contributed by atoms with Gasteiger partial charge in [0.1, 0.15) is 5.75 Å². The van der Waals surface area contributed by atoms with E-state index in [-0.39, 0.29) is 17.8 Å². The molecule has 0 radical (unpaired) electrons. The van der Waals surface area contributed by atoms with Gasteiger partial charge in [0.15, 0.2) is 0 Å². The van der Waals surface area contributed by atoms with Crippen LogP contribution in [-0.4, -0.2) is 53.0 Å². The Bertz CT molecular complexity index is 789. The van der Waals surface area contributed by atoms with Crippen LogP contribution in [0.3, 0.4) is 0 Å². The number of aromatic hydroxyl groups is 1. The molecule has 0 unspecified atom stereocenters. The number of hydrogen-bond acceptors (Lipinski definition) is 5. The average molecular weight is 415 g/mol. The zero-order valence-corrected chi connectivity index (χ0v) is 17.8. The summed E-state index contributed by atoms with van der Waals surface area (Å²) in [4.78, 5) is 17.8. The maximum Gasteiger partial charge on any atom is 0.222 e. The minimum atomic E-state index is -0.192. The van der Waals surface area contributed by atoms with Crippen molar-refractivity contribution in [2.75, 3.05) is 30.8 Å². The highest BCUT2D eigenvalue weighted by molar-refractivity contribution is 7.99. The monoisotopic (exact) mass is 414 g/mol. The lowest BCUT2D eigenvalue weighted by molar-refractivity contribution is -0.130. The lowest BCUT2D eigenvalue weighted by Gasteiger charge is -2.33. The third-order valence-corrected chi connectivity index (χ3v) is 6.37. The molecule has 1 amide bonds. The fourth-order valence-electron chi connectivity index (χ4n) is 3.55. The predicted molar refractivity (Wildman–Crippen MR) is 118 cm³/mol. The van der Waals surface area contributed by atoms with Crippen LogP contribution < -0.4 is 4.90 Å². The summed E-state index contributed by atoms with van der Waals surface area (Å²) in [5.41, 5.74) is 2.32. The van der Waals surface area contributed by atoms with Crippen LogP contribution in [0.4, 0.5) is 5.69 Å². The summed E-state index contributed by atoms with van der Waals surface area (Å²) < 4.78 is 0. The molecule has 0 spiro atoms. The smallest absolute Gasteiger partial charge is 0.222 e. The summed E-state index contributed by atoms with van der Waals surface area (Å²) in [6.45, 7) is 2.30. The van der Waals surface area contributed by atoms with Crippen LogP contribution >= 0.6 is 11.8 Å². The number of thioether (sulfide) groups is 1. The fraction of sp³-hybridized carbons (Fsp3) is 0.435. The van der Waals surface area contributed by atoms with Crippen molar-refractivity contribution < 1.29 is 15.0 Å². The van der Waals surface area contributed by atoms with Crippen LogP contribution in [0.5, 0.6) is 5.75 Å². The van der Waals surface area contributed by atoms with Crippen molar-refractivity contribution in [2.45, 2.75) is 43.2 Å². The molecule has 0 saturated carbocycles. The molecular formula is C23H30N2O3S. The summed E-state index contributed by atoms with van der Waals surface area (Å²) in [6.07, 6.45) is 2.74. The van der Waals surface area contributed by atoms with Crippen LogP contribution in [-0.2, 0) is 11.3 Å². The van der Waals surface area contributed by atoms with E-state index in [4.69, 9.17) is 0 Å².